The predicted molar refractivity (Wildman–Crippen MR) is 129 cm³/mol. The summed E-state index contributed by atoms with van der Waals surface area (Å²) in [5.74, 6) is 0.746. The standard InChI is InChI=1S/C17H19FN4S3.2BrH/c1-10-2-3-11(8-23-16(19)20)15(6-10)25-14-5-4-13(18)7-12(14)9-24-17(21)22;;/h2-7H,8-9H2,1H3,(H3,19,20)(H3,21,22);2*1H. The van der Waals surface area contributed by atoms with Gasteiger partial charge in [0, 0.05) is 21.3 Å². The molecule has 0 saturated carbocycles. The molecule has 0 atom stereocenters. The fraction of sp³-hybridized carbons (Fsp3) is 0.176. The number of thioether (sulfide) groups is 2. The van der Waals surface area contributed by atoms with Crippen LogP contribution >= 0.6 is 69.2 Å². The van der Waals surface area contributed by atoms with Crippen molar-refractivity contribution < 1.29 is 4.39 Å². The third kappa shape index (κ3) is 8.91. The minimum absolute atomic E-state index is 0. The van der Waals surface area contributed by atoms with Gasteiger partial charge in [0.25, 0.3) is 0 Å². The van der Waals surface area contributed by atoms with Gasteiger partial charge < -0.3 is 11.5 Å². The summed E-state index contributed by atoms with van der Waals surface area (Å²) >= 11 is 4.00. The number of benzene rings is 2. The molecule has 0 heterocycles. The Balaban J connectivity index is 0.00000338. The van der Waals surface area contributed by atoms with E-state index in [-0.39, 0.29) is 50.1 Å². The molecule has 6 N–H and O–H groups in total. The summed E-state index contributed by atoms with van der Waals surface area (Å²) in [6, 6.07) is 10.8. The van der Waals surface area contributed by atoms with Crippen molar-refractivity contribution in [1.29, 1.82) is 10.8 Å². The molecule has 2 aromatic carbocycles. The normalized spacial score (nSPS) is 9.85. The lowest BCUT2D eigenvalue weighted by molar-refractivity contribution is 0.625. The van der Waals surface area contributed by atoms with E-state index in [0.29, 0.717) is 11.5 Å². The van der Waals surface area contributed by atoms with Crippen molar-refractivity contribution in [2.24, 2.45) is 11.5 Å². The fourth-order valence-corrected chi connectivity index (χ4v) is 4.51. The number of hydrogen-bond donors (Lipinski definition) is 4. The van der Waals surface area contributed by atoms with Gasteiger partial charge in [-0.25, -0.2) is 4.39 Å². The molecule has 0 bridgehead atoms. The Bertz CT molecular complexity index is 806. The number of rotatable bonds is 6. The van der Waals surface area contributed by atoms with Gasteiger partial charge in [0.15, 0.2) is 10.3 Å². The van der Waals surface area contributed by atoms with Crippen LogP contribution in [-0.2, 0) is 11.5 Å². The zero-order chi connectivity index (χ0) is 18.4. The van der Waals surface area contributed by atoms with Crippen LogP contribution in [0.25, 0.3) is 0 Å². The smallest absolute Gasteiger partial charge is 0.151 e. The molecule has 0 unspecified atom stereocenters. The number of hydrogen-bond acceptors (Lipinski definition) is 5. The van der Waals surface area contributed by atoms with Crippen LogP contribution in [0.15, 0.2) is 46.2 Å². The van der Waals surface area contributed by atoms with E-state index >= 15 is 0 Å². The van der Waals surface area contributed by atoms with Crippen molar-refractivity contribution in [3.8, 4) is 0 Å². The van der Waals surface area contributed by atoms with Crippen molar-refractivity contribution in [2.45, 2.75) is 28.2 Å². The third-order valence-electron chi connectivity index (χ3n) is 3.23. The SMILES string of the molecule is Br.Br.Cc1ccc(CSC(=N)N)c(Sc2ccc(F)cc2CSC(=N)N)c1. The molecule has 0 aliphatic carbocycles. The van der Waals surface area contributed by atoms with Gasteiger partial charge in [-0.3, -0.25) is 10.8 Å². The summed E-state index contributed by atoms with van der Waals surface area (Å²) in [5.41, 5.74) is 13.9. The molecule has 0 aliphatic rings. The Morgan fingerprint density at radius 2 is 1.48 bits per heavy atom. The summed E-state index contributed by atoms with van der Waals surface area (Å²) in [6.45, 7) is 2.02. The second-order valence-electron chi connectivity index (χ2n) is 5.27. The van der Waals surface area contributed by atoms with Crippen molar-refractivity contribution >= 4 is 79.6 Å². The molecular weight excluding hydrogens is 535 g/mol. The fourth-order valence-electron chi connectivity index (χ4n) is 2.07. The zero-order valence-electron chi connectivity index (χ0n) is 14.5. The molecule has 148 valence electrons. The van der Waals surface area contributed by atoms with Gasteiger partial charge in [-0.2, -0.15) is 0 Å². The van der Waals surface area contributed by atoms with E-state index in [1.807, 2.05) is 19.1 Å². The van der Waals surface area contributed by atoms with Crippen LogP contribution in [0, 0.1) is 23.6 Å². The molecule has 0 radical (unpaired) electrons. The summed E-state index contributed by atoms with van der Waals surface area (Å²) in [7, 11) is 0. The average Bonchev–Trinajstić information content (AvgIpc) is 2.54. The minimum atomic E-state index is -0.305. The lowest BCUT2D eigenvalue weighted by Crippen LogP contribution is -2.04. The van der Waals surface area contributed by atoms with E-state index in [1.165, 1.54) is 35.7 Å². The number of nitrogens with two attached hydrogens (primary N) is 2. The van der Waals surface area contributed by atoms with Crippen LogP contribution in [-0.4, -0.2) is 10.3 Å². The monoisotopic (exact) mass is 554 g/mol. The first-order chi connectivity index (χ1) is 11.8. The Morgan fingerprint density at radius 1 is 0.889 bits per heavy atom. The summed E-state index contributed by atoms with van der Waals surface area (Å²) in [5, 5.41) is 14.8. The summed E-state index contributed by atoms with van der Waals surface area (Å²) < 4.78 is 13.6. The van der Waals surface area contributed by atoms with Crippen LogP contribution in [0.2, 0.25) is 0 Å². The highest BCUT2D eigenvalue weighted by atomic mass is 79.9. The van der Waals surface area contributed by atoms with Crippen molar-refractivity contribution in [3.63, 3.8) is 0 Å². The Morgan fingerprint density at radius 3 is 2.07 bits per heavy atom. The van der Waals surface area contributed by atoms with Gasteiger partial charge in [-0.05, 0) is 47.9 Å². The maximum absolute atomic E-state index is 13.6. The van der Waals surface area contributed by atoms with Gasteiger partial charge in [0.1, 0.15) is 5.82 Å². The van der Waals surface area contributed by atoms with E-state index < -0.39 is 0 Å². The van der Waals surface area contributed by atoms with Crippen molar-refractivity contribution in [2.75, 3.05) is 0 Å². The topological polar surface area (TPSA) is 99.7 Å². The summed E-state index contributed by atoms with van der Waals surface area (Å²) in [6.07, 6.45) is 0. The Hall–Kier alpha value is -0.680. The first kappa shape index (κ1) is 26.3. The highest BCUT2D eigenvalue weighted by Gasteiger charge is 2.11. The summed E-state index contributed by atoms with van der Waals surface area (Å²) in [4.78, 5) is 1.98. The van der Waals surface area contributed by atoms with Crippen LogP contribution in [0.1, 0.15) is 16.7 Å². The second kappa shape index (κ2) is 12.7. The number of nitrogens with one attached hydrogen (secondary N) is 2. The van der Waals surface area contributed by atoms with Crippen molar-refractivity contribution in [1.82, 2.24) is 0 Å². The molecule has 0 aliphatic heterocycles. The molecule has 0 fully saturated rings. The van der Waals surface area contributed by atoms with E-state index in [4.69, 9.17) is 22.3 Å². The molecule has 10 heteroatoms. The van der Waals surface area contributed by atoms with Gasteiger partial charge in [-0.15, -0.1) is 34.0 Å². The Labute approximate surface area is 192 Å². The van der Waals surface area contributed by atoms with Crippen molar-refractivity contribution in [3.05, 3.63) is 58.9 Å². The lowest BCUT2D eigenvalue weighted by Gasteiger charge is -2.13. The highest BCUT2D eigenvalue weighted by molar-refractivity contribution is 8.93. The molecule has 0 saturated heterocycles. The van der Waals surface area contributed by atoms with Crippen LogP contribution < -0.4 is 11.5 Å². The molecule has 0 aromatic heterocycles. The number of aryl methyl sites for hydroxylation is 1. The van der Waals surface area contributed by atoms with E-state index in [2.05, 4.69) is 6.07 Å². The number of halogens is 3. The van der Waals surface area contributed by atoms with Crippen LogP contribution in [0.3, 0.4) is 0 Å². The lowest BCUT2D eigenvalue weighted by atomic mass is 10.2. The third-order valence-corrected chi connectivity index (χ3v) is 5.98. The molecular formula is C17H21Br2FN4S3. The molecule has 2 rings (SSSR count). The molecule has 27 heavy (non-hydrogen) atoms. The maximum atomic E-state index is 13.6. The molecule has 2 aromatic rings. The van der Waals surface area contributed by atoms with Crippen LogP contribution in [0.4, 0.5) is 4.39 Å². The predicted octanol–water partition coefficient (Wildman–Crippen LogP) is 5.69. The van der Waals surface area contributed by atoms with Crippen LogP contribution in [0.5, 0.6) is 0 Å². The van der Waals surface area contributed by atoms with E-state index in [0.717, 1.165) is 26.5 Å². The van der Waals surface area contributed by atoms with E-state index in [9.17, 15) is 4.39 Å². The average molecular weight is 556 g/mol. The first-order valence-corrected chi connectivity index (χ1v) is 10.1. The molecule has 0 spiro atoms. The Kier molecular flexibility index (Phi) is 12.4. The zero-order valence-corrected chi connectivity index (χ0v) is 20.3. The highest BCUT2D eigenvalue weighted by Crippen LogP contribution is 2.36. The van der Waals surface area contributed by atoms with Gasteiger partial charge >= 0.3 is 0 Å². The maximum Gasteiger partial charge on any atom is 0.151 e. The number of amidine groups is 2. The minimum Gasteiger partial charge on any atom is -0.379 e. The first-order valence-electron chi connectivity index (χ1n) is 7.34. The van der Waals surface area contributed by atoms with E-state index in [1.54, 1.807) is 17.8 Å². The van der Waals surface area contributed by atoms with Gasteiger partial charge in [-0.1, -0.05) is 47.4 Å². The molecule has 4 nitrogen and oxygen atoms in total. The molecule has 0 amide bonds. The largest absolute Gasteiger partial charge is 0.379 e. The quantitative estimate of drug-likeness (QED) is 0.271. The second-order valence-corrected chi connectivity index (χ2v) is 8.39. The van der Waals surface area contributed by atoms with Gasteiger partial charge in [0.2, 0.25) is 0 Å². The van der Waals surface area contributed by atoms with Gasteiger partial charge in [0.05, 0.1) is 0 Å².